The van der Waals surface area contributed by atoms with Gasteiger partial charge in [-0.3, -0.25) is 0 Å². The van der Waals surface area contributed by atoms with Gasteiger partial charge in [0, 0.05) is 0 Å². The molecule has 0 bridgehead atoms. The van der Waals surface area contributed by atoms with Crippen LogP contribution in [0.15, 0.2) is 36.4 Å². The highest BCUT2D eigenvalue weighted by Crippen LogP contribution is 2.44. The van der Waals surface area contributed by atoms with Gasteiger partial charge in [0.1, 0.15) is 24.4 Å². The molecule has 190 valence electrons. The molecular formula is C28H46O4Si2. The van der Waals surface area contributed by atoms with Crippen LogP contribution in [0.25, 0.3) is 10.8 Å². The molecule has 0 unspecified atom stereocenters. The summed E-state index contributed by atoms with van der Waals surface area (Å²) in [6.45, 7) is 25.0. The third kappa shape index (κ3) is 5.37. The zero-order valence-corrected chi connectivity index (χ0v) is 25.2. The lowest BCUT2D eigenvalue weighted by Gasteiger charge is -2.41. The number of fused-ring (bicyclic) bond motifs is 1. The number of ether oxygens (including phenoxy) is 1. The van der Waals surface area contributed by atoms with E-state index in [0.29, 0.717) is 6.61 Å². The van der Waals surface area contributed by atoms with Crippen LogP contribution in [0, 0.1) is 6.92 Å². The Morgan fingerprint density at radius 3 is 2.00 bits per heavy atom. The highest BCUT2D eigenvalue weighted by Gasteiger charge is 2.51. The van der Waals surface area contributed by atoms with Gasteiger partial charge in [-0.05, 0) is 65.1 Å². The van der Waals surface area contributed by atoms with Gasteiger partial charge in [-0.25, -0.2) is 0 Å². The summed E-state index contributed by atoms with van der Waals surface area (Å²) in [5.41, 5.74) is 2.24. The Balaban J connectivity index is 1.98. The lowest BCUT2D eigenvalue weighted by molar-refractivity contribution is -0.0170. The van der Waals surface area contributed by atoms with Crippen molar-refractivity contribution in [3.8, 4) is 0 Å². The summed E-state index contributed by atoms with van der Waals surface area (Å²) in [4.78, 5) is 0. The molecule has 0 spiro atoms. The van der Waals surface area contributed by atoms with E-state index in [1.165, 1.54) is 10.9 Å². The van der Waals surface area contributed by atoms with Crippen molar-refractivity contribution < 1.29 is 18.7 Å². The van der Waals surface area contributed by atoms with E-state index in [4.69, 9.17) is 13.6 Å². The van der Waals surface area contributed by atoms with Gasteiger partial charge >= 0.3 is 0 Å². The maximum absolute atomic E-state index is 11.6. The van der Waals surface area contributed by atoms with Crippen LogP contribution in [-0.4, -0.2) is 46.7 Å². The minimum atomic E-state index is -2.14. The highest BCUT2D eigenvalue weighted by atomic mass is 28.4. The van der Waals surface area contributed by atoms with Crippen LogP contribution in [0.5, 0.6) is 0 Å². The van der Waals surface area contributed by atoms with Crippen molar-refractivity contribution in [1.29, 1.82) is 0 Å². The van der Waals surface area contributed by atoms with Gasteiger partial charge in [0.05, 0.1) is 6.61 Å². The number of aliphatic hydroxyl groups is 1. The zero-order chi connectivity index (χ0) is 25.7. The lowest BCUT2D eigenvalue weighted by Crippen LogP contribution is -2.51. The first-order valence-electron chi connectivity index (χ1n) is 12.6. The third-order valence-electron chi connectivity index (χ3n) is 8.47. The van der Waals surface area contributed by atoms with E-state index in [-0.39, 0.29) is 16.2 Å². The summed E-state index contributed by atoms with van der Waals surface area (Å²) in [7, 11) is -4.12. The zero-order valence-electron chi connectivity index (χ0n) is 23.2. The Morgan fingerprint density at radius 2 is 1.41 bits per heavy atom. The molecule has 2 aromatic rings. The third-order valence-corrected chi connectivity index (χ3v) is 17.4. The maximum Gasteiger partial charge on any atom is 0.192 e. The second kappa shape index (κ2) is 9.45. The molecule has 0 aliphatic carbocycles. The van der Waals surface area contributed by atoms with Crippen LogP contribution in [0.4, 0.5) is 0 Å². The second-order valence-electron chi connectivity index (χ2n) is 13.0. The monoisotopic (exact) mass is 502 g/mol. The Kier molecular flexibility index (Phi) is 7.66. The Bertz CT molecular complexity index is 1000. The topological polar surface area (TPSA) is 47.9 Å². The van der Waals surface area contributed by atoms with Gasteiger partial charge in [-0.2, -0.15) is 0 Å². The molecule has 34 heavy (non-hydrogen) atoms. The van der Waals surface area contributed by atoms with Crippen molar-refractivity contribution in [1.82, 2.24) is 0 Å². The lowest BCUT2D eigenvalue weighted by atomic mass is 9.94. The standard InChI is InChI=1S/C28H46O4Si2/c1-19-14-12-16-21-20(19)15-13-17-22(21)25-24(29)26(32-34(10,11)28(5,6)7)23(31-25)18-30-33(8,9)27(2,3)4/h12-17,23-26,29H,18H2,1-11H3/t23-,24-,25+,26-/m1/s1. The average molecular weight is 503 g/mol. The number of aryl methyl sites for hydroxylation is 1. The van der Waals surface area contributed by atoms with Crippen LogP contribution >= 0.6 is 0 Å². The largest absolute Gasteiger partial charge is 0.414 e. The van der Waals surface area contributed by atoms with E-state index in [1.54, 1.807) is 0 Å². The van der Waals surface area contributed by atoms with Crippen LogP contribution in [-0.2, 0) is 13.6 Å². The number of aliphatic hydroxyl groups excluding tert-OH is 1. The molecule has 4 nitrogen and oxygen atoms in total. The molecule has 0 amide bonds. The molecule has 1 saturated heterocycles. The normalized spacial score (nSPS) is 24.7. The summed E-state index contributed by atoms with van der Waals surface area (Å²) in [5, 5.41) is 14.1. The quantitative estimate of drug-likeness (QED) is 0.419. The fourth-order valence-electron chi connectivity index (χ4n) is 4.04. The molecule has 0 aromatic heterocycles. The molecule has 1 fully saturated rings. The van der Waals surface area contributed by atoms with Crippen molar-refractivity contribution in [2.75, 3.05) is 6.61 Å². The van der Waals surface area contributed by atoms with Crippen molar-refractivity contribution in [2.45, 2.75) is 109 Å². The van der Waals surface area contributed by atoms with E-state index in [0.717, 1.165) is 10.9 Å². The van der Waals surface area contributed by atoms with Gasteiger partial charge in [0.15, 0.2) is 16.6 Å². The Labute approximate surface area is 209 Å². The van der Waals surface area contributed by atoms with Crippen molar-refractivity contribution in [2.24, 2.45) is 0 Å². The van der Waals surface area contributed by atoms with E-state index < -0.39 is 34.9 Å². The Hall–Kier alpha value is -1.03. The molecule has 1 N–H and O–H groups in total. The molecule has 3 rings (SSSR count). The van der Waals surface area contributed by atoms with Crippen LogP contribution in [0.1, 0.15) is 58.8 Å². The van der Waals surface area contributed by atoms with Crippen LogP contribution in [0.2, 0.25) is 36.3 Å². The second-order valence-corrected chi connectivity index (χ2v) is 22.6. The van der Waals surface area contributed by atoms with Gasteiger partial charge in [0.25, 0.3) is 0 Å². The smallest absolute Gasteiger partial charge is 0.192 e. The predicted molar refractivity (Wildman–Crippen MR) is 148 cm³/mol. The van der Waals surface area contributed by atoms with Gasteiger partial charge in [-0.15, -0.1) is 0 Å². The minimum absolute atomic E-state index is 0.0339. The summed E-state index contributed by atoms with van der Waals surface area (Å²) in [5.74, 6) is 0. The molecule has 6 heteroatoms. The van der Waals surface area contributed by atoms with E-state index >= 15 is 0 Å². The van der Waals surface area contributed by atoms with Gasteiger partial charge in [0.2, 0.25) is 0 Å². The van der Waals surface area contributed by atoms with Gasteiger partial charge in [-0.1, -0.05) is 77.9 Å². The molecule has 1 aliphatic heterocycles. The fourth-order valence-corrected chi connectivity index (χ4v) is 6.38. The minimum Gasteiger partial charge on any atom is -0.414 e. The molecule has 4 atom stereocenters. The number of benzene rings is 2. The molecule has 2 aromatic carbocycles. The van der Waals surface area contributed by atoms with Crippen LogP contribution < -0.4 is 0 Å². The fraction of sp³-hybridized carbons (Fsp3) is 0.643. The summed E-state index contributed by atoms with van der Waals surface area (Å²) < 4.78 is 20.0. The maximum atomic E-state index is 11.6. The number of hydrogen-bond donors (Lipinski definition) is 1. The van der Waals surface area contributed by atoms with E-state index in [9.17, 15) is 5.11 Å². The average Bonchev–Trinajstić information content (AvgIpc) is 3.00. The summed E-state index contributed by atoms with van der Waals surface area (Å²) >= 11 is 0. The number of rotatable bonds is 6. The first kappa shape index (κ1) is 27.6. The van der Waals surface area contributed by atoms with E-state index in [1.807, 2.05) is 0 Å². The first-order chi connectivity index (χ1) is 15.5. The molecule has 1 heterocycles. The van der Waals surface area contributed by atoms with Crippen molar-refractivity contribution in [3.05, 3.63) is 47.5 Å². The molecule has 1 aliphatic rings. The molecular weight excluding hydrogens is 456 g/mol. The van der Waals surface area contributed by atoms with Gasteiger partial charge < -0.3 is 18.7 Å². The Morgan fingerprint density at radius 1 is 0.853 bits per heavy atom. The summed E-state index contributed by atoms with van der Waals surface area (Å²) in [6.07, 6.45) is -1.94. The van der Waals surface area contributed by atoms with Crippen molar-refractivity contribution in [3.63, 3.8) is 0 Å². The highest BCUT2D eigenvalue weighted by molar-refractivity contribution is 6.74. The first-order valence-corrected chi connectivity index (χ1v) is 18.4. The van der Waals surface area contributed by atoms with E-state index in [2.05, 4.69) is 111 Å². The van der Waals surface area contributed by atoms with Crippen molar-refractivity contribution >= 4 is 27.4 Å². The predicted octanol–water partition coefficient (Wildman–Crippen LogP) is 7.36. The SMILES string of the molecule is Cc1cccc2c([C@@H]3O[C@H](CO[Si](C)(C)C(C)(C)C)[C@@H](O[Si](C)(C)C(C)(C)C)[C@@H]3O)cccc12. The van der Waals surface area contributed by atoms with Crippen LogP contribution in [0.3, 0.4) is 0 Å². The number of hydrogen-bond acceptors (Lipinski definition) is 4. The molecule has 0 radical (unpaired) electrons. The summed E-state index contributed by atoms with van der Waals surface area (Å²) in [6, 6.07) is 12.6. The molecule has 0 saturated carbocycles.